The summed E-state index contributed by atoms with van der Waals surface area (Å²) in [6.45, 7) is 5.39. The molecule has 2 aliphatic heterocycles. The minimum absolute atomic E-state index is 0.0116. The van der Waals surface area contributed by atoms with Gasteiger partial charge in [-0.15, -0.1) is 0 Å². The third kappa shape index (κ3) is 3.23. The molecule has 30 heavy (non-hydrogen) atoms. The fourth-order valence-corrected chi connectivity index (χ4v) is 5.33. The fraction of sp³-hybridized carbons (Fsp3) is 0.652. The van der Waals surface area contributed by atoms with Gasteiger partial charge in [0.15, 0.2) is 5.58 Å². The summed E-state index contributed by atoms with van der Waals surface area (Å²) in [5.41, 5.74) is 1.20. The molecule has 2 aromatic rings. The van der Waals surface area contributed by atoms with Crippen LogP contribution in [0.2, 0.25) is 0 Å². The summed E-state index contributed by atoms with van der Waals surface area (Å²) in [5, 5.41) is 3.27. The topological polar surface area (TPSA) is 76.7 Å². The van der Waals surface area contributed by atoms with Crippen LogP contribution in [0.15, 0.2) is 16.5 Å². The van der Waals surface area contributed by atoms with E-state index in [1.807, 2.05) is 30.5 Å². The largest absolute Gasteiger partial charge is 0.460 e. The summed E-state index contributed by atoms with van der Waals surface area (Å²) in [7, 11) is 0. The molecular formula is C23H31N3O4. The molecule has 1 aliphatic carbocycles. The molecule has 5 rings (SSSR count). The number of amides is 2. The van der Waals surface area contributed by atoms with Crippen molar-refractivity contribution >= 4 is 22.9 Å². The Morgan fingerprint density at radius 1 is 1.20 bits per heavy atom. The van der Waals surface area contributed by atoms with E-state index in [1.165, 1.54) is 6.42 Å². The Morgan fingerprint density at radius 2 is 2.00 bits per heavy atom. The predicted molar refractivity (Wildman–Crippen MR) is 112 cm³/mol. The number of aryl methyl sites for hydroxylation is 1. The van der Waals surface area contributed by atoms with E-state index in [0.29, 0.717) is 24.4 Å². The average Bonchev–Trinajstić information content (AvgIpc) is 3.43. The van der Waals surface area contributed by atoms with E-state index in [9.17, 15) is 9.59 Å². The van der Waals surface area contributed by atoms with E-state index in [1.54, 1.807) is 4.90 Å². The summed E-state index contributed by atoms with van der Waals surface area (Å²) in [6, 6.07) is 3.96. The number of ether oxygens (including phenoxy) is 1. The minimum Gasteiger partial charge on any atom is -0.460 e. The molecular weight excluding hydrogens is 382 g/mol. The van der Waals surface area contributed by atoms with Gasteiger partial charge < -0.3 is 23.9 Å². The van der Waals surface area contributed by atoms with Crippen LogP contribution >= 0.6 is 0 Å². The molecule has 4 heterocycles. The average molecular weight is 414 g/mol. The van der Waals surface area contributed by atoms with Gasteiger partial charge in [0.1, 0.15) is 17.0 Å². The Labute approximate surface area is 176 Å². The van der Waals surface area contributed by atoms with Crippen LogP contribution in [-0.2, 0) is 16.1 Å². The molecule has 3 aliphatic rings. The molecule has 1 saturated carbocycles. The lowest BCUT2D eigenvalue weighted by Crippen LogP contribution is -2.66. The zero-order valence-corrected chi connectivity index (χ0v) is 17.9. The van der Waals surface area contributed by atoms with E-state index in [0.717, 1.165) is 56.4 Å². The maximum Gasteiger partial charge on any atom is 0.271 e. The molecule has 1 saturated heterocycles. The van der Waals surface area contributed by atoms with Gasteiger partial charge in [-0.3, -0.25) is 9.59 Å². The predicted octanol–water partition coefficient (Wildman–Crippen LogP) is 3.39. The smallest absolute Gasteiger partial charge is 0.271 e. The van der Waals surface area contributed by atoms with Gasteiger partial charge in [-0.2, -0.15) is 0 Å². The highest BCUT2D eigenvalue weighted by atomic mass is 16.5. The lowest BCUT2D eigenvalue weighted by atomic mass is 9.91. The van der Waals surface area contributed by atoms with Crippen molar-refractivity contribution in [3.05, 3.63) is 23.6 Å². The highest BCUT2D eigenvalue weighted by molar-refractivity contribution is 6.03. The quantitative estimate of drug-likeness (QED) is 0.834. The van der Waals surface area contributed by atoms with Crippen molar-refractivity contribution in [1.29, 1.82) is 0 Å². The van der Waals surface area contributed by atoms with Crippen LogP contribution in [0.4, 0.5) is 0 Å². The second-order valence-corrected chi connectivity index (χ2v) is 9.36. The number of rotatable bonds is 4. The van der Waals surface area contributed by atoms with Crippen molar-refractivity contribution in [2.24, 2.45) is 0 Å². The monoisotopic (exact) mass is 413 g/mol. The Bertz CT molecular complexity index is 965. The van der Waals surface area contributed by atoms with Crippen LogP contribution in [0.5, 0.6) is 0 Å². The number of hydrogen-bond acceptors (Lipinski definition) is 4. The molecule has 0 spiro atoms. The molecule has 2 atom stereocenters. The van der Waals surface area contributed by atoms with Crippen molar-refractivity contribution in [1.82, 2.24) is 14.8 Å². The molecule has 0 aromatic carbocycles. The van der Waals surface area contributed by atoms with E-state index < -0.39 is 5.54 Å². The highest BCUT2D eigenvalue weighted by Crippen LogP contribution is 2.35. The molecule has 0 bridgehead atoms. The Balaban J connectivity index is 1.50. The van der Waals surface area contributed by atoms with Crippen LogP contribution < -0.4 is 5.32 Å². The van der Waals surface area contributed by atoms with Gasteiger partial charge in [-0.05, 0) is 39.5 Å². The van der Waals surface area contributed by atoms with Crippen molar-refractivity contribution in [3.8, 4) is 0 Å². The molecule has 7 heteroatoms. The van der Waals surface area contributed by atoms with Gasteiger partial charge in [0, 0.05) is 31.3 Å². The van der Waals surface area contributed by atoms with Crippen LogP contribution in [0.1, 0.15) is 68.1 Å². The van der Waals surface area contributed by atoms with Crippen LogP contribution in [0, 0.1) is 6.92 Å². The van der Waals surface area contributed by atoms with Gasteiger partial charge in [-0.25, -0.2) is 0 Å². The number of carbonyl (C=O) groups excluding carboxylic acids is 2. The lowest BCUT2D eigenvalue weighted by Gasteiger charge is -2.45. The first-order valence-corrected chi connectivity index (χ1v) is 11.3. The van der Waals surface area contributed by atoms with Gasteiger partial charge in [0.2, 0.25) is 5.91 Å². The zero-order chi connectivity index (χ0) is 20.9. The number of carbonyl (C=O) groups is 2. The second-order valence-electron chi connectivity index (χ2n) is 9.36. The third-order valence-electron chi connectivity index (χ3n) is 7.08. The third-order valence-corrected chi connectivity index (χ3v) is 7.08. The first-order chi connectivity index (χ1) is 14.5. The number of fused-ring (bicyclic) bond motifs is 3. The Kier molecular flexibility index (Phi) is 4.88. The number of aromatic nitrogens is 1. The molecule has 162 valence electrons. The zero-order valence-electron chi connectivity index (χ0n) is 17.9. The summed E-state index contributed by atoms with van der Waals surface area (Å²) in [5.74, 6) is 0.619. The number of nitrogens with one attached hydrogen (secondary N) is 1. The van der Waals surface area contributed by atoms with Crippen molar-refractivity contribution in [2.45, 2.75) is 83.0 Å². The summed E-state index contributed by atoms with van der Waals surface area (Å²) in [6.07, 6.45) is 7.48. The molecule has 2 fully saturated rings. The first-order valence-electron chi connectivity index (χ1n) is 11.3. The Hall–Kier alpha value is -2.28. The van der Waals surface area contributed by atoms with Crippen molar-refractivity contribution in [3.63, 3.8) is 0 Å². The normalized spacial score (nSPS) is 27.6. The van der Waals surface area contributed by atoms with Crippen molar-refractivity contribution in [2.75, 3.05) is 13.2 Å². The van der Waals surface area contributed by atoms with Crippen LogP contribution in [0.25, 0.3) is 11.1 Å². The highest BCUT2D eigenvalue weighted by Gasteiger charge is 2.49. The van der Waals surface area contributed by atoms with Crippen molar-refractivity contribution < 1.29 is 18.7 Å². The SMILES string of the molecule is Cc1cc2c(cc3n2CC(C)(C(=O)NC2CCCCC2)N(CC2CCCO2)C3=O)o1. The number of nitrogens with zero attached hydrogens (tertiary/aromatic N) is 2. The Morgan fingerprint density at radius 3 is 2.73 bits per heavy atom. The maximum absolute atomic E-state index is 13.6. The molecule has 1 N–H and O–H groups in total. The summed E-state index contributed by atoms with van der Waals surface area (Å²) < 4.78 is 13.6. The number of furan rings is 1. The van der Waals surface area contributed by atoms with Gasteiger partial charge in [-0.1, -0.05) is 19.3 Å². The van der Waals surface area contributed by atoms with E-state index in [2.05, 4.69) is 5.32 Å². The van der Waals surface area contributed by atoms with Crippen LogP contribution in [-0.4, -0.2) is 52.1 Å². The molecule has 0 radical (unpaired) electrons. The van der Waals surface area contributed by atoms with E-state index in [4.69, 9.17) is 9.15 Å². The van der Waals surface area contributed by atoms with Gasteiger partial charge in [0.05, 0.1) is 18.2 Å². The molecule has 2 amide bonds. The van der Waals surface area contributed by atoms with Crippen LogP contribution in [0.3, 0.4) is 0 Å². The minimum atomic E-state index is -0.968. The molecule has 7 nitrogen and oxygen atoms in total. The maximum atomic E-state index is 13.6. The second kappa shape index (κ2) is 7.45. The fourth-order valence-electron chi connectivity index (χ4n) is 5.33. The molecule has 2 aromatic heterocycles. The summed E-state index contributed by atoms with van der Waals surface area (Å²) >= 11 is 0. The van der Waals surface area contributed by atoms with Gasteiger partial charge >= 0.3 is 0 Å². The van der Waals surface area contributed by atoms with E-state index >= 15 is 0 Å². The first kappa shape index (κ1) is 19.7. The van der Waals surface area contributed by atoms with Gasteiger partial charge in [0.25, 0.3) is 5.91 Å². The summed E-state index contributed by atoms with van der Waals surface area (Å²) in [4.78, 5) is 29.0. The number of hydrogen-bond donors (Lipinski definition) is 1. The lowest BCUT2D eigenvalue weighted by molar-refractivity contribution is -0.134. The molecule has 2 unspecified atom stereocenters. The van der Waals surface area contributed by atoms with E-state index in [-0.39, 0.29) is 24.0 Å². The standard InChI is InChI=1S/C23H31N3O4/c1-15-11-18-20(30-15)12-19-21(27)26(13-17-9-6-10-29-17)23(2,14-25(18)19)22(28)24-16-7-4-3-5-8-16/h11-12,16-17H,3-10,13-14H2,1-2H3,(H,24,28).